The van der Waals surface area contributed by atoms with Gasteiger partial charge in [0.05, 0.1) is 17.7 Å². The average Bonchev–Trinajstić information content (AvgIpc) is 3.05. The fourth-order valence-corrected chi connectivity index (χ4v) is 4.68. The van der Waals surface area contributed by atoms with E-state index in [0.29, 0.717) is 16.9 Å². The van der Waals surface area contributed by atoms with E-state index in [1.807, 2.05) is 13.8 Å². The maximum Gasteiger partial charge on any atom is 0.295 e. The number of nitrogens with zero attached hydrogens (tertiary/aromatic N) is 1. The van der Waals surface area contributed by atoms with Crippen molar-refractivity contribution in [3.05, 3.63) is 71.0 Å². The minimum Gasteiger partial charge on any atom is -0.507 e. The number of aliphatic hydroxyl groups excluding tert-OH is 1. The second-order valence-electron chi connectivity index (χ2n) is 8.74. The average molecular weight is 438 g/mol. The fourth-order valence-electron chi connectivity index (χ4n) is 4.68. The Morgan fingerprint density at radius 3 is 2.22 bits per heavy atom. The summed E-state index contributed by atoms with van der Waals surface area (Å²) in [6.45, 7) is 3.84. The Morgan fingerprint density at radius 1 is 1.00 bits per heavy atom. The van der Waals surface area contributed by atoms with Gasteiger partial charge in [0, 0.05) is 11.6 Å². The Kier molecular flexibility index (Phi) is 6.31. The van der Waals surface area contributed by atoms with Gasteiger partial charge < -0.3 is 14.7 Å². The minimum atomic E-state index is -0.745. The first-order valence-corrected chi connectivity index (χ1v) is 11.2. The van der Waals surface area contributed by atoms with Gasteiger partial charge in [-0.3, -0.25) is 9.59 Å². The number of halogens is 1. The molecule has 1 atom stereocenters. The van der Waals surface area contributed by atoms with Gasteiger partial charge in [-0.05, 0) is 68.7 Å². The summed E-state index contributed by atoms with van der Waals surface area (Å²) in [6.07, 6.45) is 4.71. The summed E-state index contributed by atoms with van der Waals surface area (Å²) in [4.78, 5) is 27.8. The van der Waals surface area contributed by atoms with E-state index in [0.717, 1.165) is 32.1 Å². The quantitative estimate of drug-likeness (QED) is 0.388. The Bertz CT molecular complexity index is 1020. The van der Waals surface area contributed by atoms with E-state index in [2.05, 4.69) is 0 Å². The molecule has 2 aromatic rings. The number of rotatable bonds is 5. The first kappa shape index (κ1) is 22.1. The summed E-state index contributed by atoms with van der Waals surface area (Å²) < 4.78 is 19.3. The van der Waals surface area contributed by atoms with Gasteiger partial charge in [-0.25, -0.2) is 4.39 Å². The monoisotopic (exact) mass is 437 g/mol. The summed E-state index contributed by atoms with van der Waals surface area (Å²) in [7, 11) is 0. The molecule has 1 aliphatic heterocycles. The lowest BCUT2D eigenvalue weighted by molar-refractivity contribution is -0.141. The van der Waals surface area contributed by atoms with E-state index in [9.17, 15) is 19.1 Å². The number of ether oxygens (including phenoxy) is 1. The molecule has 0 radical (unpaired) electrons. The van der Waals surface area contributed by atoms with E-state index in [1.54, 1.807) is 41.3 Å². The fraction of sp³-hybridized carbons (Fsp3) is 0.385. The van der Waals surface area contributed by atoms with Crippen molar-refractivity contribution in [3.8, 4) is 5.75 Å². The summed E-state index contributed by atoms with van der Waals surface area (Å²) in [6, 6.07) is 11.7. The van der Waals surface area contributed by atoms with E-state index in [-0.39, 0.29) is 23.5 Å². The molecule has 6 heteroatoms. The third-order valence-corrected chi connectivity index (χ3v) is 6.13. The van der Waals surface area contributed by atoms with Crippen molar-refractivity contribution >= 4 is 17.4 Å². The van der Waals surface area contributed by atoms with Crippen LogP contribution in [0.2, 0.25) is 0 Å². The Balaban J connectivity index is 1.79. The van der Waals surface area contributed by atoms with Crippen molar-refractivity contribution in [1.82, 2.24) is 4.90 Å². The van der Waals surface area contributed by atoms with Gasteiger partial charge in [0.25, 0.3) is 11.7 Å². The number of hydrogen-bond donors (Lipinski definition) is 1. The molecule has 2 fully saturated rings. The molecule has 1 heterocycles. The molecule has 168 valence electrons. The van der Waals surface area contributed by atoms with E-state index >= 15 is 0 Å². The Labute approximate surface area is 187 Å². The van der Waals surface area contributed by atoms with Gasteiger partial charge in [0.1, 0.15) is 17.3 Å². The van der Waals surface area contributed by atoms with Crippen LogP contribution in [0.1, 0.15) is 63.1 Å². The van der Waals surface area contributed by atoms with Crippen LogP contribution >= 0.6 is 0 Å². The number of likely N-dealkylation sites (tertiary alicyclic amines) is 1. The van der Waals surface area contributed by atoms with Crippen LogP contribution in [0.5, 0.6) is 5.75 Å². The molecule has 2 aliphatic rings. The van der Waals surface area contributed by atoms with Crippen molar-refractivity contribution < 1.29 is 23.8 Å². The van der Waals surface area contributed by atoms with Crippen LogP contribution in [-0.2, 0) is 9.59 Å². The summed E-state index contributed by atoms with van der Waals surface area (Å²) >= 11 is 0. The number of Topliss-reactive ketones (excluding diaryl/α,β-unsaturated/α-hetero) is 1. The molecule has 0 bridgehead atoms. The predicted molar refractivity (Wildman–Crippen MR) is 120 cm³/mol. The van der Waals surface area contributed by atoms with E-state index in [4.69, 9.17) is 4.74 Å². The third kappa shape index (κ3) is 4.27. The third-order valence-electron chi connectivity index (χ3n) is 6.13. The lowest BCUT2D eigenvalue weighted by Gasteiger charge is -2.35. The lowest BCUT2D eigenvalue weighted by Crippen LogP contribution is -2.40. The van der Waals surface area contributed by atoms with Crippen LogP contribution < -0.4 is 4.74 Å². The second kappa shape index (κ2) is 9.15. The zero-order valence-electron chi connectivity index (χ0n) is 18.4. The number of carbonyl (C=O) groups excluding carboxylic acids is 2. The molecule has 1 amide bonds. The second-order valence-corrected chi connectivity index (χ2v) is 8.74. The van der Waals surface area contributed by atoms with Crippen LogP contribution in [0.3, 0.4) is 0 Å². The number of carbonyl (C=O) groups is 2. The van der Waals surface area contributed by atoms with Gasteiger partial charge in [-0.15, -0.1) is 0 Å². The molecular weight excluding hydrogens is 409 g/mol. The number of amides is 1. The highest BCUT2D eigenvalue weighted by Gasteiger charge is 2.48. The number of aliphatic hydroxyl groups is 1. The molecule has 0 spiro atoms. The topological polar surface area (TPSA) is 66.8 Å². The Morgan fingerprint density at radius 2 is 1.62 bits per heavy atom. The maximum atomic E-state index is 13.6. The van der Waals surface area contributed by atoms with Crippen molar-refractivity contribution in [1.29, 1.82) is 0 Å². The molecule has 1 N–H and O–H groups in total. The van der Waals surface area contributed by atoms with Crippen LogP contribution in [-0.4, -0.2) is 33.8 Å². The number of benzene rings is 2. The molecule has 1 unspecified atom stereocenters. The molecule has 1 saturated carbocycles. The highest BCUT2D eigenvalue weighted by molar-refractivity contribution is 6.46. The SMILES string of the molecule is CC(C)Oc1ccc(/C(O)=C2/C(=O)C(=O)N(C3CCCCC3)C2c2ccc(F)cc2)cc1. The Hall–Kier alpha value is -3.15. The molecule has 0 aromatic heterocycles. The smallest absolute Gasteiger partial charge is 0.295 e. The molecule has 4 rings (SSSR count). The van der Waals surface area contributed by atoms with Gasteiger partial charge in [-0.2, -0.15) is 0 Å². The summed E-state index contributed by atoms with van der Waals surface area (Å²) in [5.74, 6) is -1.29. The zero-order chi connectivity index (χ0) is 22.8. The van der Waals surface area contributed by atoms with Crippen LogP contribution in [0, 0.1) is 5.82 Å². The minimum absolute atomic E-state index is 0.00809. The molecular formula is C26H28FNO4. The van der Waals surface area contributed by atoms with Gasteiger partial charge in [0.15, 0.2) is 0 Å². The highest BCUT2D eigenvalue weighted by atomic mass is 19.1. The maximum absolute atomic E-state index is 13.6. The standard InChI is InChI=1S/C26H28FNO4/c1-16(2)32-21-14-10-18(11-15-21)24(29)22-23(17-8-12-19(27)13-9-17)28(26(31)25(22)30)20-6-4-3-5-7-20/h8-16,20,23,29H,3-7H2,1-2H3/b24-22-. The first-order chi connectivity index (χ1) is 15.4. The van der Waals surface area contributed by atoms with Crippen LogP contribution in [0.25, 0.3) is 5.76 Å². The number of ketones is 1. The predicted octanol–water partition coefficient (Wildman–Crippen LogP) is 5.37. The lowest BCUT2D eigenvalue weighted by atomic mass is 9.91. The normalized spacial score (nSPS) is 21.4. The van der Waals surface area contributed by atoms with Crippen molar-refractivity contribution in [2.24, 2.45) is 0 Å². The van der Waals surface area contributed by atoms with Crippen molar-refractivity contribution in [2.45, 2.75) is 64.1 Å². The van der Waals surface area contributed by atoms with E-state index < -0.39 is 23.5 Å². The largest absolute Gasteiger partial charge is 0.507 e. The van der Waals surface area contributed by atoms with Gasteiger partial charge >= 0.3 is 0 Å². The molecule has 5 nitrogen and oxygen atoms in total. The molecule has 1 saturated heterocycles. The molecule has 2 aromatic carbocycles. The highest BCUT2D eigenvalue weighted by Crippen LogP contribution is 2.43. The van der Waals surface area contributed by atoms with Crippen LogP contribution in [0.15, 0.2) is 54.1 Å². The zero-order valence-corrected chi connectivity index (χ0v) is 18.4. The summed E-state index contributed by atoms with van der Waals surface area (Å²) in [5, 5.41) is 11.1. The molecule has 32 heavy (non-hydrogen) atoms. The van der Waals surface area contributed by atoms with Gasteiger partial charge in [0.2, 0.25) is 0 Å². The van der Waals surface area contributed by atoms with E-state index in [1.165, 1.54) is 12.1 Å². The van der Waals surface area contributed by atoms with Crippen molar-refractivity contribution in [3.63, 3.8) is 0 Å². The van der Waals surface area contributed by atoms with Gasteiger partial charge in [-0.1, -0.05) is 31.4 Å². The summed E-state index contributed by atoms with van der Waals surface area (Å²) in [5.41, 5.74) is 1.08. The molecule has 1 aliphatic carbocycles. The van der Waals surface area contributed by atoms with Crippen molar-refractivity contribution in [2.75, 3.05) is 0 Å². The first-order valence-electron chi connectivity index (χ1n) is 11.2. The van der Waals surface area contributed by atoms with Crippen LogP contribution in [0.4, 0.5) is 4.39 Å². The number of hydrogen-bond acceptors (Lipinski definition) is 4.